The molecule has 0 unspecified atom stereocenters. The van der Waals surface area contributed by atoms with Gasteiger partial charge in [0.1, 0.15) is 0 Å². The topological polar surface area (TPSA) is 68.1 Å². The number of rotatable bonds is 11. The summed E-state index contributed by atoms with van der Waals surface area (Å²) in [6, 6.07) is 0. The van der Waals surface area contributed by atoms with Gasteiger partial charge in [0, 0.05) is 25.1 Å². The molecule has 182 valence electrons. The van der Waals surface area contributed by atoms with Crippen LogP contribution in [0.3, 0.4) is 0 Å². The summed E-state index contributed by atoms with van der Waals surface area (Å²) < 4.78 is 0. The molecule has 0 spiro atoms. The first-order valence-electron chi connectivity index (χ1n) is 12.0. The maximum Gasteiger partial charge on any atom is 0.228 e. The Morgan fingerprint density at radius 3 is 2.36 bits per heavy atom. The zero-order valence-corrected chi connectivity index (χ0v) is 21.0. The van der Waals surface area contributed by atoms with Crippen molar-refractivity contribution in [3.63, 3.8) is 0 Å². The monoisotopic (exact) mass is 454 g/mol. The Labute approximate surface area is 200 Å². The van der Waals surface area contributed by atoms with Gasteiger partial charge in [0.25, 0.3) is 0 Å². The van der Waals surface area contributed by atoms with Crippen molar-refractivity contribution in [1.29, 1.82) is 0 Å². The number of hydrogen-bond acceptors (Lipinski definition) is 4. The van der Waals surface area contributed by atoms with Crippen LogP contribution in [0.4, 0.5) is 0 Å². The molecule has 1 aliphatic carbocycles. The van der Waals surface area contributed by atoms with E-state index >= 15 is 0 Å². The number of unbranched alkanes of at least 4 members (excludes halogenated alkanes) is 1. The molecule has 6 heteroatoms. The Bertz CT molecular complexity index is 789. The van der Waals surface area contributed by atoms with Gasteiger partial charge in [-0.15, -0.1) is 6.58 Å². The first kappa shape index (κ1) is 30.0. The highest BCUT2D eigenvalue weighted by atomic mass is 16.2. The van der Waals surface area contributed by atoms with Crippen LogP contribution < -0.4 is 0 Å². The van der Waals surface area contributed by atoms with Crippen LogP contribution >= 0.6 is 0 Å². The minimum absolute atomic E-state index is 0.00352. The van der Waals surface area contributed by atoms with Gasteiger partial charge in [-0.2, -0.15) is 15.0 Å². The third kappa shape index (κ3) is 13.2. The number of ketones is 1. The Balaban J connectivity index is 0.00000189. The van der Waals surface area contributed by atoms with Gasteiger partial charge in [-0.05, 0) is 32.6 Å². The van der Waals surface area contributed by atoms with Crippen molar-refractivity contribution in [3.8, 4) is 0 Å². The SMILES string of the molecule is C=C(CC(=O)N(CCCC)CCCC(=O)C1=C/C=C\CC/C=C\1)n1nccn1.C=CC.CC. The number of nitrogens with zero attached hydrogens (tertiary/aromatic N) is 4. The molecule has 0 aliphatic heterocycles. The average molecular weight is 455 g/mol. The molecule has 6 nitrogen and oxygen atoms in total. The molecule has 0 aromatic carbocycles. The highest BCUT2D eigenvalue weighted by Gasteiger charge is 2.16. The standard InChI is InChI=1S/C22H30N4O2.C3H6.C2H6/c1-3-4-16-25(22(28)18-19(2)26-23-14-15-24-26)17-10-13-21(27)20-11-8-6-5-7-9-12-20;1-3-2;1-2/h6,8-9,11-12,14-15H,2-5,7,10,13,16-18H2,1H3;3H,1H2,2H3;1-2H3/b8-6-,12-9-,20-11+;;. The van der Waals surface area contributed by atoms with Crippen molar-refractivity contribution in [3.05, 3.63) is 67.6 Å². The number of hydrogen-bond donors (Lipinski definition) is 0. The van der Waals surface area contributed by atoms with Crippen LogP contribution in [-0.2, 0) is 9.59 Å². The molecule has 33 heavy (non-hydrogen) atoms. The van der Waals surface area contributed by atoms with Gasteiger partial charge in [0.15, 0.2) is 5.78 Å². The number of carbonyl (C=O) groups excluding carboxylic acids is 2. The van der Waals surface area contributed by atoms with Crippen LogP contribution in [0, 0.1) is 0 Å². The number of amides is 1. The predicted molar refractivity (Wildman–Crippen MR) is 139 cm³/mol. The Hall–Kier alpha value is -3.02. The van der Waals surface area contributed by atoms with Crippen molar-refractivity contribution >= 4 is 17.4 Å². The normalized spacial score (nSPS) is 15.6. The smallest absolute Gasteiger partial charge is 0.228 e. The third-order valence-corrected chi connectivity index (χ3v) is 4.55. The van der Waals surface area contributed by atoms with E-state index in [1.54, 1.807) is 18.5 Å². The molecule has 1 aromatic rings. The molecule has 0 radical (unpaired) electrons. The Morgan fingerprint density at radius 2 is 1.73 bits per heavy atom. The molecule has 1 heterocycles. The van der Waals surface area contributed by atoms with Crippen LogP contribution in [0.25, 0.3) is 5.70 Å². The average Bonchev–Trinajstić information content (AvgIpc) is 3.33. The Kier molecular flexibility index (Phi) is 17.9. The lowest BCUT2D eigenvalue weighted by Crippen LogP contribution is -2.33. The summed E-state index contributed by atoms with van der Waals surface area (Å²) in [5.74, 6) is 0.118. The molecular weight excluding hydrogens is 412 g/mol. The van der Waals surface area contributed by atoms with Crippen LogP contribution in [0.5, 0.6) is 0 Å². The lowest BCUT2D eigenvalue weighted by Gasteiger charge is -2.23. The number of Topliss-reactive ketones (excluding diaryl/α,β-unsaturated/α-hetero) is 1. The van der Waals surface area contributed by atoms with Crippen molar-refractivity contribution in [2.75, 3.05) is 13.1 Å². The number of aromatic nitrogens is 3. The number of carbonyl (C=O) groups is 2. The fraction of sp³-hybridized carbons (Fsp3) is 0.481. The first-order valence-corrected chi connectivity index (χ1v) is 12.0. The molecule has 0 fully saturated rings. The molecule has 1 aromatic heterocycles. The quantitative estimate of drug-likeness (QED) is 0.375. The van der Waals surface area contributed by atoms with Gasteiger partial charge < -0.3 is 4.90 Å². The fourth-order valence-corrected chi connectivity index (χ4v) is 2.93. The van der Waals surface area contributed by atoms with Crippen molar-refractivity contribution in [2.24, 2.45) is 0 Å². The van der Waals surface area contributed by atoms with Gasteiger partial charge in [-0.3, -0.25) is 9.59 Å². The van der Waals surface area contributed by atoms with E-state index in [1.165, 1.54) is 4.80 Å². The summed E-state index contributed by atoms with van der Waals surface area (Å²) in [5, 5.41) is 8.03. The summed E-state index contributed by atoms with van der Waals surface area (Å²) in [7, 11) is 0. The molecule has 1 amide bonds. The second-order valence-electron chi connectivity index (χ2n) is 7.26. The zero-order valence-electron chi connectivity index (χ0n) is 21.0. The fourth-order valence-electron chi connectivity index (χ4n) is 2.93. The first-order chi connectivity index (χ1) is 16.0. The predicted octanol–water partition coefficient (Wildman–Crippen LogP) is 6.17. The molecule has 2 rings (SSSR count). The van der Waals surface area contributed by atoms with Crippen LogP contribution in [0.15, 0.2) is 67.6 Å². The largest absolute Gasteiger partial charge is 0.342 e. The molecule has 0 saturated heterocycles. The van der Waals surface area contributed by atoms with E-state index in [2.05, 4.69) is 36.4 Å². The van der Waals surface area contributed by atoms with Gasteiger partial charge in [0.2, 0.25) is 5.91 Å². The third-order valence-electron chi connectivity index (χ3n) is 4.55. The van der Waals surface area contributed by atoms with Crippen molar-refractivity contribution in [2.45, 2.75) is 72.6 Å². The van der Waals surface area contributed by atoms with Crippen molar-refractivity contribution < 1.29 is 9.59 Å². The van der Waals surface area contributed by atoms with Crippen LogP contribution in [0.1, 0.15) is 72.6 Å². The molecule has 0 atom stereocenters. The maximum absolute atomic E-state index is 12.7. The minimum atomic E-state index is -0.00352. The van der Waals surface area contributed by atoms with E-state index in [4.69, 9.17) is 0 Å². The van der Waals surface area contributed by atoms with Crippen LogP contribution in [-0.4, -0.2) is 44.7 Å². The molecular formula is C27H42N4O2. The Morgan fingerprint density at radius 1 is 1.12 bits per heavy atom. The summed E-state index contributed by atoms with van der Waals surface area (Å²) in [6.07, 6.45) is 19.9. The molecule has 0 bridgehead atoms. The van der Waals surface area contributed by atoms with Gasteiger partial charge in [-0.25, -0.2) is 0 Å². The van der Waals surface area contributed by atoms with E-state index < -0.39 is 0 Å². The number of allylic oxidation sites excluding steroid dienone is 7. The lowest BCUT2D eigenvalue weighted by atomic mass is 10.0. The van der Waals surface area contributed by atoms with E-state index in [0.29, 0.717) is 31.6 Å². The molecule has 0 N–H and O–H groups in total. The summed E-state index contributed by atoms with van der Waals surface area (Å²) >= 11 is 0. The molecule has 0 saturated carbocycles. The highest BCUT2D eigenvalue weighted by Crippen LogP contribution is 2.12. The van der Waals surface area contributed by atoms with E-state index in [9.17, 15) is 9.59 Å². The second kappa shape index (κ2) is 19.6. The van der Waals surface area contributed by atoms with Crippen molar-refractivity contribution in [1.82, 2.24) is 19.9 Å². The molecule has 1 aliphatic rings. The van der Waals surface area contributed by atoms with Crippen LogP contribution in [0.2, 0.25) is 0 Å². The minimum Gasteiger partial charge on any atom is -0.342 e. The van der Waals surface area contributed by atoms with E-state index in [1.807, 2.05) is 50.0 Å². The maximum atomic E-state index is 12.7. The zero-order chi connectivity index (χ0) is 24.9. The van der Waals surface area contributed by atoms with E-state index in [0.717, 1.165) is 31.3 Å². The summed E-state index contributed by atoms with van der Waals surface area (Å²) in [4.78, 5) is 28.4. The lowest BCUT2D eigenvalue weighted by molar-refractivity contribution is -0.130. The summed E-state index contributed by atoms with van der Waals surface area (Å²) in [6.45, 7) is 16.5. The second-order valence-corrected chi connectivity index (χ2v) is 7.26. The van der Waals surface area contributed by atoms with Gasteiger partial charge in [-0.1, -0.05) is 70.2 Å². The summed E-state index contributed by atoms with van der Waals surface area (Å²) in [5.41, 5.74) is 1.28. The van der Waals surface area contributed by atoms with Gasteiger partial charge >= 0.3 is 0 Å². The van der Waals surface area contributed by atoms with Gasteiger partial charge in [0.05, 0.1) is 24.5 Å². The van der Waals surface area contributed by atoms with E-state index in [-0.39, 0.29) is 18.1 Å². The highest BCUT2D eigenvalue weighted by molar-refractivity contribution is 5.98.